The average Bonchev–Trinajstić information content (AvgIpc) is 2.33. The van der Waals surface area contributed by atoms with E-state index in [1.807, 2.05) is 6.07 Å². The van der Waals surface area contributed by atoms with Crippen molar-refractivity contribution >= 4 is 0 Å². The smallest absolute Gasteiger partial charge is 0.165 e. The minimum Gasteiger partial charge on any atom is -0.504 e. The first-order valence-electron chi connectivity index (χ1n) is 5.99. The van der Waals surface area contributed by atoms with Crippen molar-refractivity contribution in [3.05, 3.63) is 23.8 Å². The van der Waals surface area contributed by atoms with Crippen molar-refractivity contribution in [2.24, 2.45) is 5.73 Å². The molecule has 1 aromatic rings. The summed E-state index contributed by atoms with van der Waals surface area (Å²) in [5, 5.41) is 9.77. The molecule has 16 heavy (non-hydrogen) atoms. The molecule has 3 nitrogen and oxygen atoms in total. The highest BCUT2D eigenvalue weighted by Gasteiger charge is 2.18. The lowest BCUT2D eigenvalue weighted by molar-refractivity contribution is 0.148. The van der Waals surface area contributed by atoms with E-state index in [0.29, 0.717) is 12.3 Å². The molecule has 1 aliphatic rings. The molecule has 0 aromatic heterocycles. The van der Waals surface area contributed by atoms with Crippen LogP contribution in [0.25, 0.3) is 0 Å². The van der Waals surface area contributed by atoms with E-state index in [1.54, 1.807) is 12.1 Å². The van der Waals surface area contributed by atoms with Crippen LogP contribution in [0.1, 0.15) is 37.7 Å². The van der Waals surface area contributed by atoms with Crippen LogP contribution in [0.4, 0.5) is 0 Å². The summed E-state index contributed by atoms with van der Waals surface area (Å²) in [6.07, 6.45) is 6.14. The molecule has 3 N–H and O–H groups in total. The van der Waals surface area contributed by atoms with E-state index in [2.05, 4.69) is 0 Å². The van der Waals surface area contributed by atoms with Crippen LogP contribution in [0.5, 0.6) is 11.5 Å². The van der Waals surface area contributed by atoms with Crippen molar-refractivity contribution in [1.29, 1.82) is 0 Å². The highest BCUT2D eigenvalue weighted by molar-refractivity contribution is 5.45. The van der Waals surface area contributed by atoms with Crippen LogP contribution in [0, 0.1) is 0 Å². The van der Waals surface area contributed by atoms with Gasteiger partial charge in [0.15, 0.2) is 11.5 Å². The molecule has 0 spiro atoms. The van der Waals surface area contributed by atoms with Crippen LogP contribution in [-0.2, 0) is 6.54 Å². The third-order valence-corrected chi connectivity index (χ3v) is 3.13. The molecule has 0 heterocycles. The minimum atomic E-state index is 0.202. The molecule has 0 unspecified atom stereocenters. The molecular formula is C13H19NO2. The topological polar surface area (TPSA) is 55.5 Å². The Morgan fingerprint density at radius 2 is 2.00 bits per heavy atom. The van der Waals surface area contributed by atoms with Crippen LogP contribution >= 0.6 is 0 Å². The van der Waals surface area contributed by atoms with Gasteiger partial charge in [0.25, 0.3) is 0 Å². The van der Waals surface area contributed by atoms with Gasteiger partial charge >= 0.3 is 0 Å². The fourth-order valence-corrected chi connectivity index (χ4v) is 2.22. The Morgan fingerprint density at radius 1 is 1.25 bits per heavy atom. The molecule has 0 amide bonds. The SMILES string of the molecule is NCc1cccc(O)c1OC1CCCCC1. The molecule has 1 saturated carbocycles. The predicted molar refractivity (Wildman–Crippen MR) is 63.5 cm³/mol. The lowest BCUT2D eigenvalue weighted by atomic mass is 9.97. The molecule has 0 bridgehead atoms. The Morgan fingerprint density at radius 3 is 2.69 bits per heavy atom. The third-order valence-electron chi connectivity index (χ3n) is 3.13. The molecule has 3 heteroatoms. The maximum absolute atomic E-state index is 9.77. The zero-order valence-corrected chi connectivity index (χ0v) is 9.48. The largest absolute Gasteiger partial charge is 0.504 e. The van der Waals surface area contributed by atoms with Gasteiger partial charge in [-0.3, -0.25) is 0 Å². The highest BCUT2D eigenvalue weighted by Crippen LogP contribution is 2.33. The number of para-hydroxylation sites is 1. The number of benzene rings is 1. The van der Waals surface area contributed by atoms with Crippen molar-refractivity contribution in [2.45, 2.75) is 44.8 Å². The van der Waals surface area contributed by atoms with Gasteiger partial charge in [-0.15, -0.1) is 0 Å². The second-order valence-electron chi connectivity index (χ2n) is 4.35. The van der Waals surface area contributed by atoms with E-state index in [-0.39, 0.29) is 11.9 Å². The molecule has 1 fully saturated rings. The van der Waals surface area contributed by atoms with Gasteiger partial charge in [-0.05, 0) is 31.7 Å². The molecule has 88 valence electrons. The van der Waals surface area contributed by atoms with Crippen molar-refractivity contribution in [3.8, 4) is 11.5 Å². The number of rotatable bonds is 3. The van der Waals surface area contributed by atoms with Gasteiger partial charge in [0.1, 0.15) is 0 Å². The van der Waals surface area contributed by atoms with Crippen LogP contribution in [-0.4, -0.2) is 11.2 Å². The number of hydrogen-bond donors (Lipinski definition) is 2. The molecule has 1 aromatic carbocycles. The molecular weight excluding hydrogens is 202 g/mol. The summed E-state index contributed by atoms with van der Waals surface area (Å²) in [6.45, 7) is 0.399. The minimum absolute atomic E-state index is 0.202. The molecule has 0 saturated heterocycles. The van der Waals surface area contributed by atoms with Gasteiger partial charge in [-0.1, -0.05) is 18.6 Å². The van der Waals surface area contributed by atoms with Crippen LogP contribution in [0.3, 0.4) is 0 Å². The number of ether oxygens (including phenoxy) is 1. The summed E-state index contributed by atoms with van der Waals surface area (Å²) in [5.41, 5.74) is 6.51. The van der Waals surface area contributed by atoms with Crippen LogP contribution < -0.4 is 10.5 Å². The summed E-state index contributed by atoms with van der Waals surface area (Å²) in [4.78, 5) is 0. The highest BCUT2D eigenvalue weighted by atomic mass is 16.5. The van der Waals surface area contributed by atoms with Crippen molar-refractivity contribution in [3.63, 3.8) is 0 Å². The van der Waals surface area contributed by atoms with E-state index in [9.17, 15) is 5.11 Å². The van der Waals surface area contributed by atoms with Crippen molar-refractivity contribution in [2.75, 3.05) is 0 Å². The third kappa shape index (κ3) is 2.47. The second-order valence-corrected chi connectivity index (χ2v) is 4.35. The predicted octanol–water partition coefficient (Wildman–Crippen LogP) is 2.56. The molecule has 2 rings (SSSR count). The van der Waals surface area contributed by atoms with Gasteiger partial charge in [0.05, 0.1) is 6.10 Å². The Labute approximate surface area is 96.2 Å². The lowest BCUT2D eigenvalue weighted by Gasteiger charge is -2.24. The second kappa shape index (κ2) is 5.21. The van der Waals surface area contributed by atoms with E-state index in [1.165, 1.54) is 19.3 Å². The number of nitrogens with two attached hydrogens (primary N) is 1. The summed E-state index contributed by atoms with van der Waals surface area (Å²) in [5.74, 6) is 0.783. The van der Waals surface area contributed by atoms with E-state index >= 15 is 0 Å². The first kappa shape index (κ1) is 11.3. The zero-order chi connectivity index (χ0) is 11.4. The standard InChI is InChI=1S/C13H19NO2/c14-9-10-5-4-8-12(15)13(10)16-11-6-2-1-3-7-11/h4-5,8,11,15H,1-3,6-7,9,14H2. The number of hydrogen-bond acceptors (Lipinski definition) is 3. The van der Waals surface area contributed by atoms with E-state index in [4.69, 9.17) is 10.5 Å². The van der Waals surface area contributed by atoms with Crippen LogP contribution in [0.2, 0.25) is 0 Å². The summed E-state index contributed by atoms with van der Waals surface area (Å²) < 4.78 is 5.88. The molecule has 0 aliphatic heterocycles. The average molecular weight is 221 g/mol. The maximum Gasteiger partial charge on any atom is 0.165 e. The van der Waals surface area contributed by atoms with Crippen LogP contribution in [0.15, 0.2) is 18.2 Å². The summed E-state index contributed by atoms with van der Waals surface area (Å²) >= 11 is 0. The Bertz CT molecular complexity index is 346. The maximum atomic E-state index is 9.77. The van der Waals surface area contributed by atoms with Gasteiger partial charge in [-0.2, -0.15) is 0 Å². The number of phenolic OH excluding ortho intramolecular Hbond substituents is 1. The van der Waals surface area contributed by atoms with Gasteiger partial charge in [0.2, 0.25) is 0 Å². The van der Waals surface area contributed by atoms with Crippen molar-refractivity contribution < 1.29 is 9.84 Å². The first-order valence-corrected chi connectivity index (χ1v) is 5.99. The molecule has 1 aliphatic carbocycles. The van der Waals surface area contributed by atoms with E-state index < -0.39 is 0 Å². The fourth-order valence-electron chi connectivity index (χ4n) is 2.22. The molecule has 0 radical (unpaired) electrons. The Balaban J connectivity index is 2.12. The monoisotopic (exact) mass is 221 g/mol. The summed E-state index contributed by atoms with van der Waals surface area (Å²) in [6, 6.07) is 5.35. The van der Waals surface area contributed by atoms with Gasteiger partial charge < -0.3 is 15.6 Å². The Hall–Kier alpha value is -1.22. The fraction of sp³-hybridized carbons (Fsp3) is 0.538. The van der Waals surface area contributed by atoms with Gasteiger partial charge in [0, 0.05) is 12.1 Å². The lowest BCUT2D eigenvalue weighted by Crippen LogP contribution is -2.20. The first-order chi connectivity index (χ1) is 7.81. The zero-order valence-electron chi connectivity index (χ0n) is 9.48. The van der Waals surface area contributed by atoms with Gasteiger partial charge in [-0.25, -0.2) is 0 Å². The molecule has 0 atom stereocenters. The van der Waals surface area contributed by atoms with Crippen molar-refractivity contribution in [1.82, 2.24) is 0 Å². The number of aromatic hydroxyl groups is 1. The quantitative estimate of drug-likeness (QED) is 0.824. The normalized spacial score (nSPS) is 17.3. The Kier molecular flexibility index (Phi) is 3.67. The van der Waals surface area contributed by atoms with E-state index in [0.717, 1.165) is 18.4 Å². The summed E-state index contributed by atoms with van der Waals surface area (Å²) in [7, 11) is 0. The number of phenols is 1.